The standard InChI is InChI=1S/C16H26N2OS/c1-2-9-17-15(12-7-10-19-11-8-12)16-18-13-5-3-4-6-14(13)20-16/h12,15,17H,2-11H2,1H3. The molecule has 1 saturated heterocycles. The van der Waals surface area contributed by atoms with E-state index in [9.17, 15) is 0 Å². The summed E-state index contributed by atoms with van der Waals surface area (Å²) in [6.45, 7) is 5.16. The minimum atomic E-state index is 0.453. The van der Waals surface area contributed by atoms with Crippen molar-refractivity contribution in [3.63, 3.8) is 0 Å². The van der Waals surface area contributed by atoms with Crippen LogP contribution in [0, 0.1) is 5.92 Å². The van der Waals surface area contributed by atoms with E-state index in [1.54, 1.807) is 4.88 Å². The molecule has 1 atom stereocenters. The zero-order valence-electron chi connectivity index (χ0n) is 12.5. The number of aryl methyl sites for hydroxylation is 2. The molecule has 2 heterocycles. The molecule has 1 aliphatic heterocycles. The summed E-state index contributed by atoms with van der Waals surface area (Å²) < 4.78 is 5.53. The van der Waals surface area contributed by atoms with Gasteiger partial charge in [0, 0.05) is 18.1 Å². The first-order chi connectivity index (χ1) is 9.88. The van der Waals surface area contributed by atoms with E-state index in [4.69, 9.17) is 9.72 Å². The zero-order chi connectivity index (χ0) is 13.8. The molecule has 0 bridgehead atoms. The summed E-state index contributed by atoms with van der Waals surface area (Å²) in [6.07, 6.45) is 8.64. The van der Waals surface area contributed by atoms with Crippen molar-refractivity contribution >= 4 is 11.3 Å². The topological polar surface area (TPSA) is 34.2 Å². The average molecular weight is 294 g/mol. The number of thiazole rings is 1. The van der Waals surface area contributed by atoms with Crippen molar-refractivity contribution in [1.29, 1.82) is 0 Å². The summed E-state index contributed by atoms with van der Waals surface area (Å²) in [6, 6.07) is 0.453. The Morgan fingerprint density at radius 1 is 1.30 bits per heavy atom. The highest BCUT2D eigenvalue weighted by molar-refractivity contribution is 7.11. The van der Waals surface area contributed by atoms with Gasteiger partial charge in [-0.1, -0.05) is 6.92 Å². The van der Waals surface area contributed by atoms with Crippen molar-refractivity contribution in [3.8, 4) is 0 Å². The number of aromatic nitrogens is 1. The summed E-state index contributed by atoms with van der Waals surface area (Å²) in [4.78, 5) is 6.55. The van der Waals surface area contributed by atoms with Gasteiger partial charge in [-0.15, -0.1) is 11.3 Å². The molecule has 1 unspecified atom stereocenters. The number of rotatable bonds is 5. The van der Waals surface area contributed by atoms with Crippen LogP contribution >= 0.6 is 11.3 Å². The monoisotopic (exact) mass is 294 g/mol. The van der Waals surface area contributed by atoms with Crippen molar-refractivity contribution in [1.82, 2.24) is 10.3 Å². The zero-order valence-corrected chi connectivity index (χ0v) is 13.3. The van der Waals surface area contributed by atoms with Gasteiger partial charge in [0.15, 0.2) is 0 Å². The van der Waals surface area contributed by atoms with Crippen LogP contribution in [0.2, 0.25) is 0 Å². The quantitative estimate of drug-likeness (QED) is 0.902. The summed E-state index contributed by atoms with van der Waals surface area (Å²) in [5, 5.41) is 5.10. The van der Waals surface area contributed by atoms with Gasteiger partial charge < -0.3 is 10.1 Å². The van der Waals surface area contributed by atoms with Crippen LogP contribution in [0.5, 0.6) is 0 Å². The van der Waals surface area contributed by atoms with E-state index in [-0.39, 0.29) is 0 Å². The molecule has 4 heteroatoms. The van der Waals surface area contributed by atoms with Crippen LogP contribution in [0.1, 0.15) is 60.6 Å². The summed E-state index contributed by atoms with van der Waals surface area (Å²) in [5.74, 6) is 0.697. The SMILES string of the molecule is CCCNC(c1nc2c(s1)CCCC2)C1CCOCC1. The molecule has 0 aromatic carbocycles. The lowest BCUT2D eigenvalue weighted by atomic mass is 9.92. The van der Waals surface area contributed by atoms with Crippen molar-refractivity contribution in [2.24, 2.45) is 5.92 Å². The van der Waals surface area contributed by atoms with Gasteiger partial charge in [0.05, 0.1) is 11.7 Å². The highest BCUT2D eigenvalue weighted by Gasteiger charge is 2.28. The van der Waals surface area contributed by atoms with E-state index in [1.165, 1.54) is 55.6 Å². The second-order valence-corrected chi connectivity index (χ2v) is 7.13. The molecule has 0 amide bonds. The Kier molecular flexibility index (Phi) is 5.08. The molecule has 3 rings (SSSR count). The van der Waals surface area contributed by atoms with Crippen molar-refractivity contribution in [2.75, 3.05) is 19.8 Å². The number of fused-ring (bicyclic) bond motifs is 1. The first kappa shape index (κ1) is 14.5. The van der Waals surface area contributed by atoms with Gasteiger partial charge in [0.1, 0.15) is 5.01 Å². The van der Waals surface area contributed by atoms with Crippen LogP contribution < -0.4 is 5.32 Å². The Morgan fingerprint density at radius 3 is 2.85 bits per heavy atom. The van der Waals surface area contributed by atoms with Gasteiger partial charge in [-0.2, -0.15) is 0 Å². The molecule has 2 aliphatic rings. The lowest BCUT2D eigenvalue weighted by molar-refractivity contribution is 0.0536. The Bertz CT molecular complexity index is 403. The molecule has 0 saturated carbocycles. The maximum atomic E-state index is 5.53. The lowest BCUT2D eigenvalue weighted by Crippen LogP contribution is -2.32. The van der Waals surface area contributed by atoms with Crippen LogP contribution in [0.15, 0.2) is 0 Å². The minimum absolute atomic E-state index is 0.453. The van der Waals surface area contributed by atoms with Crippen LogP contribution in [-0.2, 0) is 17.6 Å². The number of hydrogen-bond acceptors (Lipinski definition) is 4. The predicted octanol–water partition coefficient (Wildman–Crippen LogP) is 3.49. The number of ether oxygens (including phenoxy) is 1. The molecule has 20 heavy (non-hydrogen) atoms. The number of nitrogens with zero attached hydrogens (tertiary/aromatic N) is 1. The molecular formula is C16H26N2OS. The van der Waals surface area contributed by atoms with Gasteiger partial charge in [-0.05, 0) is 57.4 Å². The molecule has 1 N–H and O–H groups in total. The molecule has 0 spiro atoms. The fourth-order valence-electron chi connectivity index (χ4n) is 3.31. The van der Waals surface area contributed by atoms with Crippen molar-refractivity contribution < 1.29 is 4.74 Å². The van der Waals surface area contributed by atoms with Gasteiger partial charge in [-0.25, -0.2) is 4.98 Å². The largest absolute Gasteiger partial charge is 0.381 e. The maximum Gasteiger partial charge on any atom is 0.110 e. The Hall–Kier alpha value is -0.450. The first-order valence-electron chi connectivity index (χ1n) is 8.18. The molecule has 1 aromatic rings. The van der Waals surface area contributed by atoms with E-state index in [1.807, 2.05) is 11.3 Å². The fourth-order valence-corrected chi connectivity index (χ4v) is 4.63. The Labute approximate surface area is 126 Å². The van der Waals surface area contributed by atoms with Crippen LogP contribution in [-0.4, -0.2) is 24.7 Å². The molecule has 0 radical (unpaired) electrons. The molecule has 1 aromatic heterocycles. The number of nitrogens with one attached hydrogen (secondary N) is 1. The second kappa shape index (κ2) is 7.01. The molecule has 1 aliphatic carbocycles. The highest BCUT2D eigenvalue weighted by Crippen LogP contribution is 2.35. The normalized spacial score (nSPS) is 21.6. The lowest BCUT2D eigenvalue weighted by Gasteiger charge is -2.29. The van der Waals surface area contributed by atoms with Gasteiger partial charge >= 0.3 is 0 Å². The van der Waals surface area contributed by atoms with Crippen molar-refractivity contribution in [3.05, 3.63) is 15.6 Å². The van der Waals surface area contributed by atoms with E-state index in [0.717, 1.165) is 19.8 Å². The molecule has 3 nitrogen and oxygen atoms in total. The third kappa shape index (κ3) is 3.23. The Balaban J connectivity index is 1.78. The predicted molar refractivity (Wildman–Crippen MR) is 83.3 cm³/mol. The van der Waals surface area contributed by atoms with E-state index in [0.29, 0.717) is 12.0 Å². The molecule has 112 valence electrons. The second-order valence-electron chi connectivity index (χ2n) is 6.01. The van der Waals surface area contributed by atoms with Crippen LogP contribution in [0.25, 0.3) is 0 Å². The van der Waals surface area contributed by atoms with E-state index < -0.39 is 0 Å². The Morgan fingerprint density at radius 2 is 2.10 bits per heavy atom. The van der Waals surface area contributed by atoms with Gasteiger partial charge in [0.2, 0.25) is 0 Å². The van der Waals surface area contributed by atoms with Gasteiger partial charge in [0.25, 0.3) is 0 Å². The summed E-state index contributed by atoms with van der Waals surface area (Å²) in [7, 11) is 0. The minimum Gasteiger partial charge on any atom is -0.381 e. The van der Waals surface area contributed by atoms with Crippen molar-refractivity contribution in [2.45, 2.75) is 57.9 Å². The third-order valence-corrected chi connectivity index (χ3v) is 5.72. The van der Waals surface area contributed by atoms with Crippen LogP contribution in [0.3, 0.4) is 0 Å². The summed E-state index contributed by atoms with van der Waals surface area (Å²) >= 11 is 1.97. The first-order valence-corrected chi connectivity index (χ1v) is 8.99. The highest BCUT2D eigenvalue weighted by atomic mass is 32.1. The number of hydrogen-bond donors (Lipinski definition) is 1. The third-order valence-electron chi connectivity index (χ3n) is 4.48. The van der Waals surface area contributed by atoms with Gasteiger partial charge in [-0.3, -0.25) is 0 Å². The average Bonchev–Trinajstić information content (AvgIpc) is 2.92. The maximum absolute atomic E-state index is 5.53. The molecule has 1 fully saturated rings. The molecular weight excluding hydrogens is 268 g/mol. The summed E-state index contributed by atoms with van der Waals surface area (Å²) in [5.41, 5.74) is 1.40. The van der Waals surface area contributed by atoms with E-state index >= 15 is 0 Å². The van der Waals surface area contributed by atoms with Crippen LogP contribution in [0.4, 0.5) is 0 Å². The van der Waals surface area contributed by atoms with E-state index in [2.05, 4.69) is 12.2 Å². The smallest absolute Gasteiger partial charge is 0.110 e. The fraction of sp³-hybridized carbons (Fsp3) is 0.812.